The Hall–Kier alpha value is -1.49. The van der Waals surface area contributed by atoms with Crippen LogP contribution in [-0.2, 0) is 6.42 Å². The second kappa shape index (κ2) is 5.13. The van der Waals surface area contributed by atoms with E-state index in [2.05, 4.69) is 20.8 Å². The molecule has 1 unspecified atom stereocenters. The maximum atomic E-state index is 12.5. The molecule has 5 heteroatoms. The van der Waals surface area contributed by atoms with Crippen molar-refractivity contribution in [3.05, 3.63) is 23.0 Å². The summed E-state index contributed by atoms with van der Waals surface area (Å²) in [5.74, 6) is 0.0141. The average molecular weight is 274 g/mol. The van der Waals surface area contributed by atoms with Gasteiger partial charge in [0, 0.05) is 6.04 Å². The van der Waals surface area contributed by atoms with Crippen LogP contribution in [0.25, 0.3) is 0 Å². The van der Waals surface area contributed by atoms with Crippen molar-refractivity contribution < 1.29 is 4.79 Å². The third-order valence-electron chi connectivity index (χ3n) is 4.67. The smallest absolute Gasteiger partial charge is 0.253 e. The van der Waals surface area contributed by atoms with Crippen molar-refractivity contribution in [1.82, 2.24) is 20.8 Å². The number of piperidine rings is 1. The van der Waals surface area contributed by atoms with Gasteiger partial charge in [0.1, 0.15) is 0 Å². The Morgan fingerprint density at radius 3 is 2.90 bits per heavy atom. The molecule has 1 aliphatic carbocycles. The summed E-state index contributed by atoms with van der Waals surface area (Å²) in [5, 5.41) is 14.7. The number of carbonyl (C=O) groups excluding carboxylic acids is 1. The molecule has 0 aromatic carbocycles. The molecule has 1 spiro atoms. The van der Waals surface area contributed by atoms with Gasteiger partial charge in [-0.2, -0.15) is 10.2 Å². The van der Waals surface area contributed by atoms with Gasteiger partial charge in [-0.25, -0.2) is 0 Å². The molecular formula is C15H22N4O. The molecule has 5 nitrogen and oxygen atoms in total. The first kappa shape index (κ1) is 13.5. The normalized spacial score (nSPS) is 23.6. The Kier molecular flexibility index (Phi) is 3.46. The third-order valence-corrected chi connectivity index (χ3v) is 4.67. The lowest BCUT2D eigenvalue weighted by atomic mass is 9.94. The van der Waals surface area contributed by atoms with E-state index in [9.17, 15) is 4.79 Å². The Bertz CT molecular complexity index is 523. The fraction of sp³-hybridized carbons (Fsp3) is 0.667. The standard InChI is InChI=1S/C15H22N4O/c1-3-12-11(8-10(2)18-19-12)14(20)17-13-9-15(13)4-6-16-7-5-15/h8,13,16H,3-7,9H2,1-2H3,(H,17,20). The maximum Gasteiger partial charge on any atom is 0.253 e. The van der Waals surface area contributed by atoms with Gasteiger partial charge in [-0.1, -0.05) is 6.92 Å². The summed E-state index contributed by atoms with van der Waals surface area (Å²) in [4.78, 5) is 12.5. The Balaban J connectivity index is 1.70. The summed E-state index contributed by atoms with van der Waals surface area (Å²) in [5.41, 5.74) is 2.63. The van der Waals surface area contributed by atoms with Gasteiger partial charge in [-0.05, 0) is 57.2 Å². The number of aromatic nitrogens is 2. The summed E-state index contributed by atoms with van der Waals surface area (Å²) in [6.07, 6.45) is 4.20. The zero-order chi connectivity index (χ0) is 14.2. The lowest BCUT2D eigenvalue weighted by Gasteiger charge is -2.23. The van der Waals surface area contributed by atoms with E-state index in [4.69, 9.17) is 0 Å². The van der Waals surface area contributed by atoms with E-state index in [0.717, 1.165) is 37.3 Å². The second-order valence-electron chi connectivity index (χ2n) is 6.04. The monoisotopic (exact) mass is 274 g/mol. The van der Waals surface area contributed by atoms with E-state index in [1.807, 2.05) is 19.9 Å². The van der Waals surface area contributed by atoms with Gasteiger partial charge in [0.2, 0.25) is 0 Å². The number of aryl methyl sites for hydroxylation is 2. The fourth-order valence-electron chi connectivity index (χ4n) is 3.24. The van der Waals surface area contributed by atoms with Crippen LogP contribution >= 0.6 is 0 Å². The lowest BCUT2D eigenvalue weighted by molar-refractivity contribution is 0.0941. The molecule has 2 N–H and O–H groups in total. The van der Waals surface area contributed by atoms with Crippen LogP contribution in [0.2, 0.25) is 0 Å². The quantitative estimate of drug-likeness (QED) is 0.869. The van der Waals surface area contributed by atoms with Gasteiger partial charge in [0.05, 0.1) is 17.0 Å². The first-order chi connectivity index (χ1) is 9.64. The molecule has 1 saturated heterocycles. The largest absolute Gasteiger partial charge is 0.349 e. The summed E-state index contributed by atoms with van der Waals surface area (Å²) in [6.45, 7) is 6.02. The van der Waals surface area contributed by atoms with Crippen LogP contribution in [0.4, 0.5) is 0 Å². The molecule has 20 heavy (non-hydrogen) atoms. The fourth-order valence-corrected chi connectivity index (χ4v) is 3.24. The number of rotatable bonds is 3. The molecule has 1 aromatic rings. The highest BCUT2D eigenvalue weighted by Gasteiger charge is 2.54. The van der Waals surface area contributed by atoms with E-state index in [1.165, 1.54) is 12.8 Å². The molecule has 1 aromatic heterocycles. The molecule has 2 aliphatic rings. The molecule has 0 radical (unpaired) electrons. The third kappa shape index (κ3) is 2.42. The second-order valence-corrected chi connectivity index (χ2v) is 6.04. The summed E-state index contributed by atoms with van der Waals surface area (Å²) >= 11 is 0. The SMILES string of the molecule is CCc1nnc(C)cc1C(=O)NC1CC12CCNCC2. The van der Waals surface area contributed by atoms with Gasteiger partial charge in [-0.15, -0.1) is 0 Å². The Morgan fingerprint density at radius 2 is 2.20 bits per heavy atom. The molecular weight excluding hydrogens is 252 g/mol. The van der Waals surface area contributed by atoms with Gasteiger partial charge in [0.15, 0.2) is 0 Å². The van der Waals surface area contributed by atoms with Crippen molar-refractivity contribution >= 4 is 5.91 Å². The highest BCUT2D eigenvalue weighted by molar-refractivity contribution is 5.95. The summed E-state index contributed by atoms with van der Waals surface area (Å²) in [6, 6.07) is 2.19. The molecule has 1 amide bonds. The average Bonchev–Trinajstić information content (AvgIpc) is 3.10. The molecule has 1 saturated carbocycles. The van der Waals surface area contributed by atoms with Crippen molar-refractivity contribution in [2.45, 2.75) is 45.6 Å². The molecule has 108 valence electrons. The Labute approximate surface area is 119 Å². The lowest BCUT2D eigenvalue weighted by Crippen LogP contribution is -2.36. The number of amides is 1. The molecule has 3 rings (SSSR count). The van der Waals surface area contributed by atoms with Crippen LogP contribution < -0.4 is 10.6 Å². The van der Waals surface area contributed by atoms with Gasteiger partial charge >= 0.3 is 0 Å². The summed E-state index contributed by atoms with van der Waals surface area (Å²) in [7, 11) is 0. The number of hydrogen-bond acceptors (Lipinski definition) is 4. The minimum absolute atomic E-state index is 0.0141. The van der Waals surface area contributed by atoms with Crippen molar-refractivity contribution in [3.63, 3.8) is 0 Å². The highest BCUT2D eigenvalue weighted by Crippen LogP contribution is 2.52. The van der Waals surface area contributed by atoms with Gasteiger partial charge in [-0.3, -0.25) is 4.79 Å². The highest BCUT2D eigenvalue weighted by atomic mass is 16.1. The van der Waals surface area contributed by atoms with E-state index in [-0.39, 0.29) is 5.91 Å². The minimum Gasteiger partial charge on any atom is -0.349 e. The van der Waals surface area contributed by atoms with Crippen LogP contribution in [-0.4, -0.2) is 35.2 Å². The van der Waals surface area contributed by atoms with Crippen LogP contribution in [0, 0.1) is 12.3 Å². The Morgan fingerprint density at radius 1 is 1.45 bits per heavy atom. The zero-order valence-electron chi connectivity index (χ0n) is 12.2. The molecule has 2 heterocycles. The first-order valence-corrected chi connectivity index (χ1v) is 7.49. The van der Waals surface area contributed by atoms with Crippen molar-refractivity contribution in [2.75, 3.05) is 13.1 Å². The van der Waals surface area contributed by atoms with E-state index in [1.54, 1.807) is 0 Å². The summed E-state index contributed by atoms with van der Waals surface area (Å²) < 4.78 is 0. The van der Waals surface area contributed by atoms with Crippen LogP contribution in [0.5, 0.6) is 0 Å². The molecule has 2 fully saturated rings. The molecule has 1 aliphatic heterocycles. The van der Waals surface area contributed by atoms with Crippen LogP contribution in [0.15, 0.2) is 6.07 Å². The molecule has 1 atom stereocenters. The number of nitrogens with one attached hydrogen (secondary N) is 2. The number of hydrogen-bond donors (Lipinski definition) is 2. The van der Waals surface area contributed by atoms with Gasteiger partial charge < -0.3 is 10.6 Å². The van der Waals surface area contributed by atoms with Gasteiger partial charge in [0.25, 0.3) is 5.91 Å². The predicted octanol–water partition coefficient (Wildman–Crippen LogP) is 1.22. The molecule has 0 bridgehead atoms. The van der Waals surface area contributed by atoms with E-state index < -0.39 is 0 Å². The van der Waals surface area contributed by atoms with Crippen LogP contribution in [0.1, 0.15) is 47.9 Å². The maximum absolute atomic E-state index is 12.5. The predicted molar refractivity (Wildman–Crippen MR) is 76.6 cm³/mol. The number of carbonyl (C=O) groups is 1. The van der Waals surface area contributed by atoms with E-state index in [0.29, 0.717) is 17.0 Å². The first-order valence-electron chi connectivity index (χ1n) is 7.49. The number of nitrogens with zero attached hydrogens (tertiary/aromatic N) is 2. The minimum atomic E-state index is 0.0141. The van der Waals surface area contributed by atoms with Crippen molar-refractivity contribution in [3.8, 4) is 0 Å². The zero-order valence-corrected chi connectivity index (χ0v) is 12.2. The van der Waals surface area contributed by atoms with Crippen molar-refractivity contribution in [2.24, 2.45) is 5.41 Å². The van der Waals surface area contributed by atoms with Crippen LogP contribution in [0.3, 0.4) is 0 Å². The topological polar surface area (TPSA) is 66.9 Å². The van der Waals surface area contributed by atoms with E-state index >= 15 is 0 Å². The van der Waals surface area contributed by atoms with Crippen molar-refractivity contribution in [1.29, 1.82) is 0 Å².